The van der Waals surface area contributed by atoms with E-state index in [2.05, 4.69) is 105 Å². The molecule has 3 aromatic heterocycles. The molecule has 3 heteroatoms. The van der Waals surface area contributed by atoms with Gasteiger partial charge in [0.25, 0.3) is 0 Å². The third-order valence-electron chi connectivity index (χ3n) is 9.11. The van der Waals surface area contributed by atoms with Crippen LogP contribution < -0.4 is 5.19 Å². The predicted molar refractivity (Wildman–Crippen MR) is 172 cm³/mol. The molecule has 0 unspecified atom stereocenters. The molecule has 6 aromatic rings. The van der Waals surface area contributed by atoms with Crippen molar-refractivity contribution in [3.63, 3.8) is 0 Å². The van der Waals surface area contributed by atoms with Gasteiger partial charge >= 0.3 is 0 Å². The van der Waals surface area contributed by atoms with Crippen molar-refractivity contribution in [3.8, 4) is 11.3 Å². The zero-order chi connectivity index (χ0) is 26.9. The summed E-state index contributed by atoms with van der Waals surface area (Å²) in [6.45, 7) is 12.0. The molecular formula is C36H40N2Si. The number of nitrogens with zero attached hydrogens (tertiary/aromatic N) is 2. The van der Waals surface area contributed by atoms with Gasteiger partial charge < -0.3 is 4.40 Å². The second-order valence-electron chi connectivity index (χ2n) is 13.4. The monoisotopic (exact) mass is 528 g/mol. The second kappa shape index (κ2) is 9.20. The summed E-state index contributed by atoms with van der Waals surface area (Å²) in [5.41, 5.74) is 9.61. The standard InChI is InChI=1S/C36H40N2Si/c1-23(2)18-26-21-32(37-22-34(26)39(3,4)5)25-19-30(24-12-7-6-8-13-24)36-31(20-25)29-16-11-15-28-27-14-9-10-17-33(27)38(36)35(28)29/h9-11,14-17,19-24H,6-8,12-13,18H2,1-5H3. The van der Waals surface area contributed by atoms with E-state index in [1.807, 2.05) is 0 Å². The normalized spacial score (nSPS) is 15.5. The van der Waals surface area contributed by atoms with Crippen molar-refractivity contribution < 1.29 is 0 Å². The maximum atomic E-state index is 5.16. The van der Waals surface area contributed by atoms with Crippen LogP contribution in [0.3, 0.4) is 0 Å². The molecule has 0 bridgehead atoms. The van der Waals surface area contributed by atoms with Crippen LogP contribution in [0.1, 0.15) is 63.0 Å². The third-order valence-corrected chi connectivity index (χ3v) is 11.2. The highest BCUT2D eigenvalue weighted by Gasteiger charge is 2.26. The van der Waals surface area contributed by atoms with E-state index in [0.717, 1.165) is 12.1 Å². The van der Waals surface area contributed by atoms with Gasteiger partial charge in [-0.2, -0.15) is 0 Å². The molecule has 198 valence electrons. The van der Waals surface area contributed by atoms with Crippen LogP contribution in [0.15, 0.2) is 66.9 Å². The number of hydrogen-bond donors (Lipinski definition) is 0. The number of aromatic nitrogens is 2. The summed E-state index contributed by atoms with van der Waals surface area (Å²) in [6, 6.07) is 23.3. The van der Waals surface area contributed by atoms with E-state index in [4.69, 9.17) is 4.98 Å². The molecule has 1 aliphatic carbocycles. The van der Waals surface area contributed by atoms with E-state index in [-0.39, 0.29) is 0 Å². The Hall–Kier alpha value is -3.17. The van der Waals surface area contributed by atoms with Crippen LogP contribution in [-0.4, -0.2) is 17.5 Å². The molecule has 3 heterocycles. The molecule has 7 rings (SSSR count). The highest BCUT2D eigenvalue weighted by Crippen LogP contribution is 2.45. The molecule has 0 atom stereocenters. The Morgan fingerprint density at radius 1 is 0.821 bits per heavy atom. The molecule has 0 N–H and O–H groups in total. The van der Waals surface area contributed by atoms with Crippen LogP contribution in [0.5, 0.6) is 0 Å². The number of para-hydroxylation sites is 2. The van der Waals surface area contributed by atoms with Gasteiger partial charge in [0.05, 0.1) is 30.3 Å². The maximum Gasteiger partial charge on any atom is 0.0799 e. The highest BCUT2D eigenvalue weighted by atomic mass is 28.3. The minimum Gasteiger partial charge on any atom is -0.308 e. The predicted octanol–water partition coefficient (Wildman–Crippen LogP) is 9.69. The van der Waals surface area contributed by atoms with Crippen LogP contribution in [0.2, 0.25) is 19.6 Å². The number of hydrogen-bond acceptors (Lipinski definition) is 1. The Kier molecular flexibility index (Phi) is 5.86. The van der Waals surface area contributed by atoms with Gasteiger partial charge in [0, 0.05) is 33.3 Å². The second-order valence-corrected chi connectivity index (χ2v) is 18.5. The van der Waals surface area contributed by atoms with Crippen LogP contribution in [-0.2, 0) is 6.42 Å². The quantitative estimate of drug-likeness (QED) is 0.204. The SMILES string of the molecule is CC(C)Cc1cc(-c2cc(C3CCCCC3)c3c(c2)c2cccc4c5ccccc5n3c42)ncc1[Si](C)(C)C. The fourth-order valence-electron chi connectivity index (χ4n) is 7.39. The van der Waals surface area contributed by atoms with Crippen molar-refractivity contribution in [1.82, 2.24) is 9.38 Å². The van der Waals surface area contributed by atoms with Crippen molar-refractivity contribution in [2.75, 3.05) is 0 Å². The molecule has 3 aromatic carbocycles. The van der Waals surface area contributed by atoms with Gasteiger partial charge in [0.2, 0.25) is 0 Å². The van der Waals surface area contributed by atoms with Crippen LogP contribution in [0.25, 0.3) is 49.4 Å². The third kappa shape index (κ3) is 4.00. The zero-order valence-electron chi connectivity index (χ0n) is 24.1. The highest BCUT2D eigenvalue weighted by molar-refractivity contribution is 6.89. The van der Waals surface area contributed by atoms with E-state index in [9.17, 15) is 0 Å². The average molecular weight is 529 g/mol. The van der Waals surface area contributed by atoms with E-state index in [1.54, 1.807) is 0 Å². The van der Waals surface area contributed by atoms with E-state index < -0.39 is 8.07 Å². The van der Waals surface area contributed by atoms with Crippen LogP contribution in [0.4, 0.5) is 0 Å². The topological polar surface area (TPSA) is 17.3 Å². The lowest BCUT2D eigenvalue weighted by Gasteiger charge is -2.24. The Morgan fingerprint density at radius 2 is 1.54 bits per heavy atom. The van der Waals surface area contributed by atoms with Crippen LogP contribution in [0, 0.1) is 5.92 Å². The average Bonchev–Trinajstić information content (AvgIpc) is 3.44. The van der Waals surface area contributed by atoms with E-state index in [1.165, 1.54) is 92.1 Å². The van der Waals surface area contributed by atoms with E-state index >= 15 is 0 Å². The van der Waals surface area contributed by atoms with Gasteiger partial charge in [0.1, 0.15) is 0 Å². The molecule has 39 heavy (non-hydrogen) atoms. The first-order valence-electron chi connectivity index (χ1n) is 15.0. The lowest BCUT2D eigenvalue weighted by atomic mass is 9.82. The smallest absolute Gasteiger partial charge is 0.0799 e. The molecule has 0 amide bonds. The van der Waals surface area contributed by atoms with Crippen molar-refractivity contribution in [2.45, 2.75) is 77.9 Å². The first-order chi connectivity index (χ1) is 18.8. The Labute approximate surface area is 233 Å². The molecule has 0 radical (unpaired) electrons. The molecule has 1 saturated carbocycles. The summed E-state index contributed by atoms with van der Waals surface area (Å²) in [4.78, 5) is 5.16. The first-order valence-corrected chi connectivity index (χ1v) is 18.5. The summed E-state index contributed by atoms with van der Waals surface area (Å²) in [7, 11) is -1.48. The first kappa shape index (κ1) is 24.8. The van der Waals surface area contributed by atoms with Gasteiger partial charge in [0.15, 0.2) is 0 Å². The largest absolute Gasteiger partial charge is 0.308 e. The summed E-state index contributed by atoms with van der Waals surface area (Å²) in [5.74, 6) is 1.24. The fraction of sp³-hybridized carbons (Fsp3) is 0.361. The summed E-state index contributed by atoms with van der Waals surface area (Å²) >= 11 is 0. The van der Waals surface area contributed by atoms with Crippen molar-refractivity contribution in [3.05, 3.63) is 78.0 Å². The summed E-state index contributed by atoms with van der Waals surface area (Å²) < 4.78 is 2.59. The minimum atomic E-state index is -1.48. The maximum absolute atomic E-state index is 5.16. The van der Waals surface area contributed by atoms with Crippen molar-refractivity contribution in [1.29, 1.82) is 0 Å². The van der Waals surface area contributed by atoms with Gasteiger partial charge in [-0.05, 0) is 71.7 Å². The molecule has 0 saturated heterocycles. The lowest BCUT2D eigenvalue weighted by molar-refractivity contribution is 0.445. The molecule has 2 nitrogen and oxygen atoms in total. The van der Waals surface area contributed by atoms with Gasteiger partial charge in [-0.15, -0.1) is 0 Å². The van der Waals surface area contributed by atoms with Crippen molar-refractivity contribution in [2.24, 2.45) is 5.92 Å². The zero-order valence-corrected chi connectivity index (χ0v) is 25.1. The number of rotatable bonds is 5. The number of benzene rings is 3. The molecule has 1 aliphatic rings. The molecule has 0 aliphatic heterocycles. The Bertz CT molecular complexity index is 1830. The van der Waals surface area contributed by atoms with Crippen LogP contribution >= 0.6 is 0 Å². The van der Waals surface area contributed by atoms with E-state index in [0.29, 0.717) is 11.8 Å². The Balaban J connectivity index is 1.54. The summed E-state index contributed by atoms with van der Waals surface area (Å²) in [6.07, 6.45) is 9.95. The summed E-state index contributed by atoms with van der Waals surface area (Å²) in [5, 5.41) is 7.01. The van der Waals surface area contributed by atoms with Gasteiger partial charge in [-0.3, -0.25) is 4.98 Å². The fourth-order valence-corrected chi connectivity index (χ4v) is 8.98. The minimum absolute atomic E-state index is 0.606. The van der Waals surface area contributed by atoms with Gasteiger partial charge in [-0.1, -0.05) is 89.1 Å². The lowest BCUT2D eigenvalue weighted by Crippen LogP contribution is -2.40. The number of fused-ring (bicyclic) bond motifs is 6. The number of pyridine rings is 1. The molecule has 1 fully saturated rings. The molecular weight excluding hydrogens is 488 g/mol. The van der Waals surface area contributed by atoms with Crippen molar-refractivity contribution >= 4 is 51.4 Å². The molecule has 0 spiro atoms. The van der Waals surface area contributed by atoms with Gasteiger partial charge in [-0.25, -0.2) is 0 Å². The Morgan fingerprint density at radius 3 is 2.28 bits per heavy atom.